The molecule has 2 amide bonds. The number of para-hydroxylation sites is 2. The van der Waals surface area contributed by atoms with E-state index in [-0.39, 0.29) is 25.4 Å². The van der Waals surface area contributed by atoms with Gasteiger partial charge in [-0.05, 0) is 43.0 Å². The van der Waals surface area contributed by atoms with Crippen LogP contribution in [0.5, 0.6) is 5.75 Å². The summed E-state index contributed by atoms with van der Waals surface area (Å²) in [5, 5.41) is 11.4. The van der Waals surface area contributed by atoms with Gasteiger partial charge in [-0.1, -0.05) is 72.8 Å². The number of nitrogens with zero attached hydrogens (tertiary/aromatic N) is 2. The third-order valence-electron chi connectivity index (χ3n) is 5.59. The van der Waals surface area contributed by atoms with E-state index in [1.54, 1.807) is 60.7 Å². The second kappa shape index (κ2) is 14.8. The van der Waals surface area contributed by atoms with Crippen molar-refractivity contribution in [1.82, 2.24) is 4.90 Å². The van der Waals surface area contributed by atoms with Crippen molar-refractivity contribution in [2.45, 2.75) is 38.5 Å². The zero-order chi connectivity index (χ0) is 28.0. The van der Waals surface area contributed by atoms with Crippen molar-refractivity contribution in [3.8, 4) is 5.75 Å². The van der Waals surface area contributed by atoms with E-state index in [2.05, 4.69) is 0 Å². The quantitative estimate of drug-likeness (QED) is 0.111. The molecule has 2 N–H and O–H groups in total. The van der Waals surface area contributed by atoms with Crippen LogP contribution in [0.3, 0.4) is 0 Å². The van der Waals surface area contributed by atoms with E-state index in [1.165, 1.54) is 24.3 Å². The molecule has 0 heterocycles. The molecule has 11 nitrogen and oxygen atoms in total. The van der Waals surface area contributed by atoms with Crippen molar-refractivity contribution in [2.24, 2.45) is 5.73 Å². The van der Waals surface area contributed by atoms with Gasteiger partial charge in [0.2, 0.25) is 5.75 Å². The van der Waals surface area contributed by atoms with Gasteiger partial charge in [-0.3, -0.25) is 10.1 Å². The number of nitrogens with two attached hydrogens (primary N) is 1. The molecule has 0 bridgehead atoms. The number of nitro benzene ring substituents is 1. The average Bonchev–Trinajstić information content (AvgIpc) is 2.95. The average molecular weight is 536 g/mol. The highest BCUT2D eigenvalue weighted by Crippen LogP contribution is 2.27. The first-order valence-electron chi connectivity index (χ1n) is 12.3. The molecule has 3 aromatic rings. The van der Waals surface area contributed by atoms with Gasteiger partial charge in [-0.25, -0.2) is 14.4 Å². The summed E-state index contributed by atoms with van der Waals surface area (Å²) >= 11 is 0. The number of carbonyl (C=O) groups excluding carboxylic acids is 3. The number of imide groups is 1. The third kappa shape index (κ3) is 8.64. The molecule has 3 aromatic carbocycles. The van der Waals surface area contributed by atoms with E-state index < -0.39 is 34.8 Å². The van der Waals surface area contributed by atoms with Gasteiger partial charge in [0, 0.05) is 6.07 Å². The molecule has 0 aliphatic heterocycles. The van der Waals surface area contributed by atoms with Crippen molar-refractivity contribution in [3.63, 3.8) is 0 Å². The van der Waals surface area contributed by atoms with Crippen LogP contribution in [-0.4, -0.2) is 40.6 Å². The van der Waals surface area contributed by atoms with Gasteiger partial charge in [-0.15, -0.1) is 0 Å². The predicted molar refractivity (Wildman–Crippen MR) is 141 cm³/mol. The van der Waals surface area contributed by atoms with E-state index in [1.807, 2.05) is 0 Å². The van der Waals surface area contributed by atoms with Crippen LogP contribution in [0.2, 0.25) is 0 Å². The van der Waals surface area contributed by atoms with Crippen LogP contribution in [0.1, 0.15) is 30.4 Å². The number of carbonyl (C=O) groups is 3. The Hall–Kier alpha value is -4.77. The summed E-state index contributed by atoms with van der Waals surface area (Å²) in [5.74, 6) is -1.39. The molecule has 0 radical (unpaired) electrons. The molecular weight excluding hydrogens is 506 g/mol. The molecule has 0 unspecified atom stereocenters. The maximum atomic E-state index is 13.3. The highest BCUT2D eigenvalue weighted by atomic mass is 16.6. The molecule has 0 saturated heterocycles. The smallest absolute Gasteiger partial charge is 0.420 e. The Morgan fingerprint density at radius 2 is 1.31 bits per heavy atom. The molecule has 204 valence electrons. The van der Waals surface area contributed by atoms with E-state index >= 15 is 0 Å². The lowest BCUT2D eigenvalue weighted by molar-refractivity contribution is -0.385. The third-order valence-corrected chi connectivity index (χ3v) is 5.59. The minimum atomic E-state index is -1.50. The predicted octanol–water partition coefficient (Wildman–Crippen LogP) is 4.97. The number of nitro groups is 1. The van der Waals surface area contributed by atoms with Crippen molar-refractivity contribution in [1.29, 1.82) is 0 Å². The summed E-state index contributed by atoms with van der Waals surface area (Å²) in [4.78, 5) is 51.1. The van der Waals surface area contributed by atoms with Crippen LogP contribution in [-0.2, 0) is 27.5 Å². The van der Waals surface area contributed by atoms with Crippen LogP contribution in [0.15, 0.2) is 84.9 Å². The Kier molecular flexibility index (Phi) is 11.0. The van der Waals surface area contributed by atoms with Gasteiger partial charge in [0.1, 0.15) is 19.3 Å². The minimum absolute atomic E-state index is 0.0302. The standard InChI is InChI=1S/C28H29N3O8/c29-18-10-9-16-24(26(32)39-25-17-8-7-15-23(25)31(35)36)30(27(33)37-19-21-11-3-1-4-12-21)28(34)38-20-22-13-5-2-6-14-22/h1-8,11-15,17,24H,9-10,16,18-20,29H2/t24-/m0/s1. The minimum Gasteiger partial charge on any atom is -0.444 e. The number of amides is 2. The largest absolute Gasteiger partial charge is 0.444 e. The lowest BCUT2D eigenvalue weighted by Crippen LogP contribution is -2.50. The van der Waals surface area contributed by atoms with E-state index in [0.29, 0.717) is 35.4 Å². The van der Waals surface area contributed by atoms with Crippen molar-refractivity contribution < 1.29 is 33.5 Å². The summed E-state index contributed by atoms with van der Waals surface area (Å²) in [6, 6.07) is 21.3. The molecular formula is C28H29N3O8. The fourth-order valence-electron chi connectivity index (χ4n) is 3.61. The molecule has 39 heavy (non-hydrogen) atoms. The van der Waals surface area contributed by atoms with E-state index in [4.69, 9.17) is 19.9 Å². The number of hydrogen-bond acceptors (Lipinski definition) is 9. The van der Waals surface area contributed by atoms with Crippen LogP contribution >= 0.6 is 0 Å². The maximum Gasteiger partial charge on any atom is 0.420 e. The number of esters is 1. The Balaban J connectivity index is 1.88. The highest BCUT2D eigenvalue weighted by molar-refractivity contribution is 5.94. The van der Waals surface area contributed by atoms with Crippen molar-refractivity contribution >= 4 is 23.8 Å². The molecule has 0 saturated carbocycles. The van der Waals surface area contributed by atoms with Gasteiger partial charge in [0.25, 0.3) is 0 Å². The lowest BCUT2D eigenvalue weighted by Gasteiger charge is -2.27. The zero-order valence-corrected chi connectivity index (χ0v) is 21.1. The molecule has 0 aliphatic carbocycles. The number of rotatable bonds is 12. The van der Waals surface area contributed by atoms with Gasteiger partial charge in [0.05, 0.1) is 4.92 Å². The number of benzene rings is 3. The Morgan fingerprint density at radius 3 is 1.82 bits per heavy atom. The molecule has 0 aliphatic rings. The molecule has 3 rings (SSSR count). The topological polar surface area (TPSA) is 151 Å². The second-order valence-corrected chi connectivity index (χ2v) is 8.40. The monoisotopic (exact) mass is 535 g/mol. The normalized spacial score (nSPS) is 11.2. The summed E-state index contributed by atoms with van der Waals surface area (Å²) in [7, 11) is 0. The SMILES string of the molecule is NCCCC[C@@H](C(=O)Oc1ccccc1[N+](=O)[O-])N(C(=O)OCc1ccccc1)C(=O)OCc1ccccc1. The number of hydrogen-bond donors (Lipinski definition) is 1. The zero-order valence-electron chi connectivity index (χ0n) is 21.1. The molecule has 1 atom stereocenters. The fraction of sp³-hybridized carbons (Fsp3) is 0.250. The van der Waals surface area contributed by atoms with Crippen LogP contribution in [0.25, 0.3) is 0 Å². The van der Waals surface area contributed by atoms with Gasteiger partial charge >= 0.3 is 23.8 Å². The van der Waals surface area contributed by atoms with Crippen LogP contribution in [0, 0.1) is 10.1 Å². The number of ether oxygens (including phenoxy) is 3. The first-order valence-corrected chi connectivity index (χ1v) is 12.3. The summed E-state index contributed by atoms with van der Waals surface area (Å²) in [5.41, 5.74) is 6.47. The summed E-state index contributed by atoms with van der Waals surface area (Å²) in [6.07, 6.45) is -1.45. The van der Waals surface area contributed by atoms with Crippen LogP contribution in [0.4, 0.5) is 15.3 Å². The summed E-state index contributed by atoms with van der Waals surface area (Å²) < 4.78 is 16.1. The first-order chi connectivity index (χ1) is 18.9. The second-order valence-electron chi connectivity index (χ2n) is 8.40. The van der Waals surface area contributed by atoms with E-state index in [0.717, 1.165) is 0 Å². The highest BCUT2D eigenvalue weighted by Gasteiger charge is 2.39. The molecule has 0 spiro atoms. The lowest BCUT2D eigenvalue weighted by atomic mass is 10.1. The Labute approximate surface area is 225 Å². The Bertz CT molecular complexity index is 1200. The summed E-state index contributed by atoms with van der Waals surface area (Å²) in [6.45, 7) is -0.0312. The molecule has 11 heteroatoms. The number of unbranched alkanes of at least 4 members (excludes halogenated alkanes) is 1. The van der Waals surface area contributed by atoms with Crippen molar-refractivity contribution in [2.75, 3.05) is 6.54 Å². The van der Waals surface area contributed by atoms with E-state index in [9.17, 15) is 24.5 Å². The maximum absolute atomic E-state index is 13.3. The van der Waals surface area contributed by atoms with Gasteiger partial charge in [0.15, 0.2) is 0 Å². The van der Waals surface area contributed by atoms with Gasteiger partial charge < -0.3 is 19.9 Å². The molecule has 0 aromatic heterocycles. The van der Waals surface area contributed by atoms with Crippen molar-refractivity contribution in [3.05, 3.63) is 106 Å². The molecule has 0 fully saturated rings. The van der Waals surface area contributed by atoms with Gasteiger partial charge in [-0.2, -0.15) is 4.90 Å². The Morgan fingerprint density at radius 1 is 0.795 bits per heavy atom. The first kappa shape index (κ1) is 28.8. The van der Waals surface area contributed by atoms with Crippen LogP contribution < -0.4 is 10.5 Å². The fourth-order valence-corrected chi connectivity index (χ4v) is 3.61.